The molecule has 0 unspecified atom stereocenters. The Morgan fingerprint density at radius 2 is 2.00 bits per heavy atom. The highest BCUT2D eigenvalue weighted by atomic mass is 32.1. The van der Waals surface area contributed by atoms with Gasteiger partial charge in [-0.1, -0.05) is 0 Å². The zero-order valence-corrected chi connectivity index (χ0v) is 9.94. The number of rotatable bonds is 3. The summed E-state index contributed by atoms with van der Waals surface area (Å²) in [5, 5.41) is 2.92. The molecule has 1 rings (SSSR count). The van der Waals surface area contributed by atoms with E-state index in [4.69, 9.17) is 17.0 Å². The van der Waals surface area contributed by atoms with Crippen LogP contribution in [-0.2, 0) is 4.79 Å². The summed E-state index contributed by atoms with van der Waals surface area (Å²) in [4.78, 5) is 11.2. The van der Waals surface area contributed by atoms with Crippen LogP contribution in [0.25, 0.3) is 0 Å². The van der Waals surface area contributed by atoms with Crippen molar-refractivity contribution >= 4 is 23.2 Å². The molecular weight excluding hydrogens is 245 g/mol. The number of thiocarbonyl (C=S) groups is 1. The van der Waals surface area contributed by atoms with Gasteiger partial charge in [-0.2, -0.15) is 0 Å². The van der Waals surface area contributed by atoms with Gasteiger partial charge in [0.1, 0.15) is 11.6 Å². The lowest BCUT2D eigenvalue weighted by atomic mass is 10.3. The van der Waals surface area contributed by atoms with E-state index in [9.17, 15) is 9.18 Å². The fourth-order valence-corrected chi connectivity index (χ4v) is 0.956. The molecule has 7 heteroatoms. The Morgan fingerprint density at radius 3 is 2.59 bits per heavy atom. The second kappa shape index (κ2) is 6.64. The van der Waals surface area contributed by atoms with E-state index in [2.05, 4.69) is 16.2 Å². The second-order valence-corrected chi connectivity index (χ2v) is 3.40. The van der Waals surface area contributed by atoms with Gasteiger partial charge in [0.25, 0.3) is 5.91 Å². The SMILES string of the molecule is CNC(=S)NNC(=O)COc1ccc(F)cc1. The number of hydrazine groups is 1. The molecule has 0 aliphatic carbocycles. The molecule has 0 bridgehead atoms. The molecule has 0 saturated carbocycles. The zero-order chi connectivity index (χ0) is 12.7. The third kappa shape index (κ3) is 5.12. The molecule has 0 aromatic heterocycles. The first kappa shape index (κ1) is 13.2. The lowest BCUT2D eigenvalue weighted by Gasteiger charge is -2.09. The summed E-state index contributed by atoms with van der Waals surface area (Å²) < 4.78 is 17.7. The molecule has 0 spiro atoms. The van der Waals surface area contributed by atoms with E-state index in [0.29, 0.717) is 10.9 Å². The van der Waals surface area contributed by atoms with Crippen LogP contribution in [0.2, 0.25) is 0 Å². The van der Waals surface area contributed by atoms with Gasteiger partial charge in [0.05, 0.1) is 0 Å². The number of amides is 1. The van der Waals surface area contributed by atoms with Gasteiger partial charge in [-0.15, -0.1) is 0 Å². The lowest BCUT2D eigenvalue weighted by molar-refractivity contribution is -0.123. The molecule has 1 aromatic rings. The Labute approximate surface area is 103 Å². The van der Waals surface area contributed by atoms with Crippen molar-refractivity contribution in [3.8, 4) is 5.75 Å². The van der Waals surface area contributed by atoms with Gasteiger partial charge in [0.15, 0.2) is 11.7 Å². The third-order valence-electron chi connectivity index (χ3n) is 1.73. The minimum absolute atomic E-state index is 0.190. The number of halogens is 1. The van der Waals surface area contributed by atoms with E-state index in [1.54, 1.807) is 7.05 Å². The number of benzene rings is 1. The van der Waals surface area contributed by atoms with Crippen molar-refractivity contribution in [2.24, 2.45) is 0 Å². The predicted molar refractivity (Wildman–Crippen MR) is 64.8 cm³/mol. The molecule has 0 saturated heterocycles. The van der Waals surface area contributed by atoms with Crippen molar-refractivity contribution < 1.29 is 13.9 Å². The maximum Gasteiger partial charge on any atom is 0.276 e. The molecule has 3 N–H and O–H groups in total. The average molecular weight is 257 g/mol. The Morgan fingerprint density at radius 1 is 1.35 bits per heavy atom. The van der Waals surface area contributed by atoms with E-state index in [1.807, 2.05) is 0 Å². The van der Waals surface area contributed by atoms with Crippen molar-refractivity contribution in [1.29, 1.82) is 0 Å². The van der Waals surface area contributed by atoms with Gasteiger partial charge < -0.3 is 10.1 Å². The third-order valence-corrected chi connectivity index (χ3v) is 2.03. The van der Waals surface area contributed by atoms with Crippen LogP contribution in [-0.4, -0.2) is 24.7 Å². The fourth-order valence-electron chi connectivity index (χ4n) is 0.905. The van der Waals surface area contributed by atoms with Gasteiger partial charge in [0.2, 0.25) is 0 Å². The molecular formula is C10H12FN3O2S. The smallest absolute Gasteiger partial charge is 0.276 e. The summed E-state index contributed by atoms with van der Waals surface area (Å²) in [5.41, 5.74) is 4.78. The molecule has 0 radical (unpaired) electrons. The van der Waals surface area contributed by atoms with E-state index < -0.39 is 5.91 Å². The van der Waals surface area contributed by atoms with E-state index in [1.165, 1.54) is 24.3 Å². The first-order valence-electron chi connectivity index (χ1n) is 4.76. The summed E-state index contributed by atoms with van der Waals surface area (Å²) in [6, 6.07) is 5.38. The number of ether oxygens (including phenoxy) is 1. The summed E-state index contributed by atoms with van der Waals surface area (Å²) in [6.45, 7) is -0.190. The van der Waals surface area contributed by atoms with Crippen molar-refractivity contribution in [1.82, 2.24) is 16.2 Å². The molecule has 0 aliphatic heterocycles. The highest BCUT2D eigenvalue weighted by Crippen LogP contribution is 2.10. The maximum absolute atomic E-state index is 12.6. The molecule has 1 amide bonds. The van der Waals surface area contributed by atoms with E-state index >= 15 is 0 Å². The van der Waals surface area contributed by atoms with Crippen molar-refractivity contribution in [2.75, 3.05) is 13.7 Å². The van der Waals surface area contributed by atoms with E-state index in [-0.39, 0.29) is 12.4 Å². The molecule has 1 aromatic carbocycles. The minimum Gasteiger partial charge on any atom is -0.484 e. The lowest BCUT2D eigenvalue weighted by Crippen LogP contribution is -2.47. The number of carbonyl (C=O) groups is 1. The van der Waals surface area contributed by atoms with Crippen LogP contribution in [0.1, 0.15) is 0 Å². The summed E-state index contributed by atoms with van der Waals surface area (Å²) in [6.07, 6.45) is 0. The van der Waals surface area contributed by atoms with Gasteiger partial charge >= 0.3 is 0 Å². The predicted octanol–water partition coefficient (Wildman–Crippen LogP) is 0.330. The highest BCUT2D eigenvalue weighted by molar-refractivity contribution is 7.80. The second-order valence-electron chi connectivity index (χ2n) is 2.99. The highest BCUT2D eigenvalue weighted by Gasteiger charge is 2.02. The number of carbonyl (C=O) groups excluding carboxylic acids is 1. The molecule has 0 heterocycles. The van der Waals surface area contributed by atoms with E-state index in [0.717, 1.165) is 0 Å². The molecule has 92 valence electrons. The largest absolute Gasteiger partial charge is 0.484 e. The summed E-state index contributed by atoms with van der Waals surface area (Å²) in [5.74, 6) is -0.340. The number of hydrogen-bond acceptors (Lipinski definition) is 3. The Balaban J connectivity index is 2.28. The van der Waals surface area contributed by atoms with Crippen molar-refractivity contribution in [3.05, 3.63) is 30.1 Å². The molecule has 5 nitrogen and oxygen atoms in total. The first-order valence-corrected chi connectivity index (χ1v) is 5.17. The van der Waals surface area contributed by atoms with Gasteiger partial charge in [-0.3, -0.25) is 15.6 Å². The van der Waals surface area contributed by atoms with Crippen LogP contribution in [0, 0.1) is 5.82 Å². The Kier molecular flexibility index (Phi) is 5.15. The van der Waals surface area contributed by atoms with Crippen LogP contribution in [0.4, 0.5) is 4.39 Å². The zero-order valence-electron chi connectivity index (χ0n) is 9.12. The van der Waals surface area contributed by atoms with Gasteiger partial charge in [-0.25, -0.2) is 4.39 Å². The Bertz CT molecular complexity index is 397. The monoisotopic (exact) mass is 257 g/mol. The first-order chi connectivity index (χ1) is 8.11. The number of nitrogens with one attached hydrogen (secondary N) is 3. The van der Waals surface area contributed by atoms with Gasteiger partial charge in [0, 0.05) is 7.05 Å². The Hall–Kier alpha value is -1.89. The van der Waals surface area contributed by atoms with Gasteiger partial charge in [-0.05, 0) is 36.5 Å². The topological polar surface area (TPSA) is 62.4 Å². The van der Waals surface area contributed by atoms with Crippen LogP contribution < -0.4 is 20.9 Å². The standard InChI is InChI=1S/C10H12FN3O2S/c1-12-10(17)14-13-9(15)6-16-8-4-2-7(11)3-5-8/h2-5H,6H2,1H3,(H,13,15)(H2,12,14,17). The quantitative estimate of drug-likeness (QED) is 0.538. The van der Waals surface area contributed by atoms with Crippen LogP contribution in [0.3, 0.4) is 0 Å². The molecule has 17 heavy (non-hydrogen) atoms. The summed E-state index contributed by atoms with van der Waals surface area (Å²) in [7, 11) is 1.62. The fraction of sp³-hybridized carbons (Fsp3) is 0.200. The minimum atomic E-state index is -0.396. The maximum atomic E-state index is 12.6. The molecule has 0 fully saturated rings. The molecule has 0 atom stereocenters. The normalized spacial score (nSPS) is 9.29. The van der Waals surface area contributed by atoms with Crippen LogP contribution in [0.15, 0.2) is 24.3 Å². The average Bonchev–Trinajstić information content (AvgIpc) is 2.35. The number of hydrogen-bond donors (Lipinski definition) is 3. The summed E-state index contributed by atoms with van der Waals surface area (Å²) >= 11 is 4.75. The molecule has 0 aliphatic rings. The van der Waals surface area contributed by atoms with Crippen LogP contribution in [0.5, 0.6) is 5.75 Å². The van der Waals surface area contributed by atoms with Crippen LogP contribution >= 0.6 is 12.2 Å². The van der Waals surface area contributed by atoms with Crippen molar-refractivity contribution in [2.45, 2.75) is 0 Å². The van der Waals surface area contributed by atoms with Crippen molar-refractivity contribution in [3.63, 3.8) is 0 Å².